The fourth-order valence-electron chi connectivity index (χ4n) is 11.3. The Balaban J connectivity index is 1.40. The number of rotatable bonds is 9. The van der Waals surface area contributed by atoms with Crippen molar-refractivity contribution in [3.8, 4) is 0 Å². The number of ether oxygens (including phenoxy) is 7. The first-order valence-electron chi connectivity index (χ1n) is 24.1. The third-order valence-electron chi connectivity index (χ3n) is 15.1. The molecule has 0 spiro atoms. The summed E-state index contributed by atoms with van der Waals surface area (Å²) in [5, 5.41) is 36.1. The summed E-state index contributed by atoms with van der Waals surface area (Å²) >= 11 is 0.139. The fourth-order valence-corrected chi connectivity index (χ4v) is 13.2. The van der Waals surface area contributed by atoms with E-state index in [9.17, 15) is 29.7 Å². The van der Waals surface area contributed by atoms with Gasteiger partial charge in [0.1, 0.15) is 0 Å². The van der Waals surface area contributed by atoms with Crippen molar-refractivity contribution in [1.29, 1.82) is 0 Å². The van der Waals surface area contributed by atoms with Gasteiger partial charge in [-0.25, -0.2) is 0 Å². The number of fused-ring (bicyclic) bond motifs is 4. The molecule has 14 nitrogen and oxygen atoms in total. The maximum absolute atomic E-state index is 14.7. The number of hydrogen-bond acceptors (Lipinski definition) is 13. The van der Waals surface area contributed by atoms with Crippen LogP contribution in [0.25, 0.3) is 0 Å². The van der Waals surface area contributed by atoms with Crippen LogP contribution in [0.15, 0.2) is 53.6 Å². The Hall–Kier alpha value is -2.53. The number of Topliss-reactive ketones (excluding diaryl/α,β-unsaturated/α-hetero) is 1. The zero-order valence-corrected chi connectivity index (χ0v) is 42.3. The van der Waals surface area contributed by atoms with Crippen molar-refractivity contribution in [3.63, 3.8) is 0 Å². The van der Waals surface area contributed by atoms with Crippen molar-refractivity contribution in [2.45, 2.75) is 177 Å². The van der Waals surface area contributed by atoms with Crippen molar-refractivity contribution in [2.24, 2.45) is 29.6 Å². The van der Waals surface area contributed by atoms with Crippen molar-refractivity contribution in [2.75, 3.05) is 35.0 Å². The molecule has 4 aliphatic heterocycles. The number of ketones is 1. The zero-order chi connectivity index (χ0) is 47.9. The number of benzene rings is 1. The number of aliphatic hydroxyl groups is 3. The van der Waals surface area contributed by atoms with E-state index in [2.05, 4.69) is 38.1 Å². The summed E-state index contributed by atoms with van der Waals surface area (Å²) in [7, 11) is 6.34. The predicted molar refractivity (Wildman–Crippen MR) is 249 cm³/mol. The number of carbonyl (C=O) groups excluding carboxylic acids is 3. The molecule has 0 radical (unpaired) electrons. The summed E-state index contributed by atoms with van der Waals surface area (Å²) < 4.78 is 45.1. The van der Waals surface area contributed by atoms with Crippen LogP contribution in [0.1, 0.15) is 105 Å². The smallest absolute Gasteiger partial charge is 0.390 e. The Morgan fingerprint density at radius 3 is 2.26 bits per heavy atom. The Bertz CT molecular complexity index is 1850. The average Bonchev–Trinajstić information content (AvgIpc) is 3.65. The summed E-state index contributed by atoms with van der Waals surface area (Å²) in [6.07, 6.45) is 4.53. The molecule has 1 aliphatic carbocycles. The number of nitrogens with zero attached hydrogens (tertiary/aromatic N) is 1. The second kappa shape index (κ2) is 23.4. The van der Waals surface area contributed by atoms with Crippen LogP contribution in [-0.2, 0) is 47.5 Å². The van der Waals surface area contributed by atoms with Crippen molar-refractivity contribution >= 4 is 37.1 Å². The molecule has 2 bridgehead atoms. The predicted octanol–water partition coefficient (Wildman–Crippen LogP) is 5.07. The standard InChI is InChI=1S/C51H77NO13Se/c1-30-21-31(2)23-43(60-7)46-44(61-8)25-33(4)51(58,65-46)47(55)48(56)52-20-14-13-17-39(52)49(57)63-45(32(3)24-35-18-19-40(53)42(26-35)59-6)34(5)41(54)28-50(62-9)36(22-30)27-37(64-50)29-66-38-15-11-10-12-16-38/h10-12,15-16,22,24,31,33-37,39-46,53-54,58H,13-14,17-21,23,25-29H2,1-9H3. The number of aliphatic hydroxyl groups excluding tert-OH is 2. The number of allylic oxidation sites excluding steroid dienone is 2. The van der Waals surface area contributed by atoms with Crippen LogP contribution in [0.3, 0.4) is 0 Å². The van der Waals surface area contributed by atoms with Gasteiger partial charge in [-0.1, -0.05) is 6.92 Å². The minimum Gasteiger partial charge on any atom is -0.390 e. The van der Waals surface area contributed by atoms with Crippen molar-refractivity contribution in [1.82, 2.24) is 4.90 Å². The molecule has 1 saturated carbocycles. The van der Waals surface area contributed by atoms with E-state index in [4.69, 9.17) is 33.2 Å². The second-order valence-corrected chi connectivity index (χ2v) is 22.2. The Morgan fingerprint density at radius 1 is 0.879 bits per heavy atom. The van der Waals surface area contributed by atoms with Gasteiger partial charge in [0.05, 0.1) is 12.2 Å². The van der Waals surface area contributed by atoms with E-state index in [0.29, 0.717) is 56.9 Å². The van der Waals surface area contributed by atoms with Gasteiger partial charge in [0, 0.05) is 26.7 Å². The molecular weight excluding hydrogens is 914 g/mol. The Kier molecular flexibility index (Phi) is 18.7. The number of hydrogen-bond donors (Lipinski definition) is 3. The number of esters is 1. The topological polar surface area (TPSA) is 180 Å². The molecule has 1 aromatic carbocycles. The second-order valence-electron chi connectivity index (χ2n) is 19.9. The first-order valence-corrected chi connectivity index (χ1v) is 26.2. The number of piperidine rings is 1. The van der Waals surface area contributed by atoms with Gasteiger partial charge in [0.15, 0.2) is 0 Å². The molecule has 4 heterocycles. The van der Waals surface area contributed by atoms with Gasteiger partial charge in [-0.15, -0.1) is 0 Å². The number of carbonyl (C=O) groups is 3. The monoisotopic (exact) mass is 991 g/mol. The molecule has 16 atom stereocenters. The normalized spacial score (nSPS) is 40.4. The van der Waals surface area contributed by atoms with Gasteiger partial charge in [0.2, 0.25) is 5.79 Å². The fraction of sp³-hybridized carbons (Fsp3) is 0.745. The van der Waals surface area contributed by atoms with E-state index in [0.717, 1.165) is 10.9 Å². The van der Waals surface area contributed by atoms with Crippen LogP contribution in [0.2, 0.25) is 5.32 Å². The molecular formula is C51H77NO13Se. The van der Waals surface area contributed by atoms with E-state index >= 15 is 0 Å². The van der Waals surface area contributed by atoms with Crippen molar-refractivity contribution < 1.29 is 62.9 Å². The molecule has 16 unspecified atom stereocenters. The van der Waals surface area contributed by atoms with Crippen LogP contribution in [0, 0.1) is 29.6 Å². The first-order chi connectivity index (χ1) is 31.5. The van der Waals surface area contributed by atoms with Crippen LogP contribution in [-0.4, -0.2) is 154 Å². The van der Waals surface area contributed by atoms with Crippen LogP contribution in [0.4, 0.5) is 0 Å². The minimum atomic E-state index is -2.50. The quantitative estimate of drug-likeness (QED) is 0.129. The minimum absolute atomic E-state index is 0.00462. The molecule has 0 aromatic heterocycles. The zero-order valence-electron chi connectivity index (χ0n) is 40.6. The number of cyclic esters (lactones) is 1. The van der Waals surface area contributed by atoms with E-state index in [1.165, 1.54) is 9.36 Å². The van der Waals surface area contributed by atoms with E-state index in [1.807, 2.05) is 32.0 Å². The van der Waals surface area contributed by atoms with E-state index in [-0.39, 0.29) is 70.7 Å². The van der Waals surface area contributed by atoms with Gasteiger partial charge in [-0.2, -0.15) is 0 Å². The van der Waals surface area contributed by atoms with Gasteiger partial charge in [0.25, 0.3) is 11.7 Å². The molecule has 1 aromatic rings. The van der Waals surface area contributed by atoms with Gasteiger partial charge < -0.3 is 19.7 Å². The molecule has 1 amide bonds. The molecule has 6 rings (SSSR count). The maximum atomic E-state index is 14.7. The Labute approximate surface area is 398 Å². The van der Waals surface area contributed by atoms with Gasteiger partial charge in [-0.05, 0) is 25.7 Å². The molecule has 3 saturated heterocycles. The Morgan fingerprint density at radius 2 is 1.58 bits per heavy atom. The van der Waals surface area contributed by atoms with Gasteiger partial charge >= 0.3 is 282 Å². The van der Waals surface area contributed by atoms with E-state index in [1.54, 1.807) is 35.4 Å². The molecule has 66 heavy (non-hydrogen) atoms. The van der Waals surface area contributed by atoms with E-state index < -0.39 is 83.7 Å². The summed E-state index contributed by atoms with van der Waals surface area (Å²) in [5.41, 5.74) is 1.81. The number of methoxy groups -OCH3 is 4. The summed E-state index contributed by atoms with van der Waals surface area (Å²) in [6.45, 7) is 9.70. The van der Waals surface area contributed by atoms with Crippen LogP contribution in [0.5, 0.6) is 0 Å². The molecule has 4 fully saturated rings. The number of amides is 1. The van der Waals surface area contributed by atoms with Crippen LogP contribution < -0.4 is 4.46 Å². The summed E-state index contributed by atoms with van der Waals surface area (Å²) in [4.78, 5) is 44.7. The molecule has 15 heteroatoms. The van der Waals surface area contributed by atoms with Crippen LogP contribution >= 0.6 is 0 Å². The molecule has 3 N–H and O–H groups in total. The summed E-state index contributed by atoms with van der Waals surface area (Å²) in [5.74, 6) is -8.24. The SMILES string of the molecule is COC1CC(C=C(C)C2OC(=O)C3CCCCN3C(=O)C(=O)C3(O)OC(C(OC)CC(C)CC(C)=CC4CC(C[Se]c5ccccc5)OC4(OC)CC(O)C2C)C(OC)CC3C)CCC1O. The van der Waals surface area contributed by atoms with Crippen molar-refractivity contribution in [3.05, 3.63) is 53.6 Å². The third-order valence-corrected chi connectivity index (χ3v) is 17.5. The third kappa shape index (κ3) is 12.1. The first kappa shape index (κ1) is 52.8. The average molecular weight is 991 g/mol. The molecule has 5 aliphatic rings. The summed E-state index contributed by atoms with van der Waals surface area (Å²) in [6, 6.07) is 9.26. The van der Waals surface area contributed by atoms with Gasteiger partial charge in [-0.3, -0.25) is 9.59 Å². The molecule has 370 valence electrons.